The van der Waals surface area contributed by atoms with Gasteiger partial charge in [-0.3, -0.25) is 4.98 Å². The molecule has 0 amide bonds. The lowest BCUT2D eigenvalue weighted by molar-refractivity contribution is 0.127. The second-order valence-electron chi connectivity index (χ2n) is 4.69. The van der Waals surface area contributed by atoms with Crippen LogP contribution in [0.15, 0.2) is 23.2 Å². The molecule has 3 atom stereocenters. The molecular weight excluding hydrogens is 244 g/mol. The topological polar surface area (TPSA) is 34.1 Å². The van der Waals surface area contributed by atoms with Crippen LogP contribution in [0.4, 0.5) is 0 Å². The van der Waals surface area contributed by atoms with E-state index in [0.29, 0.717) is 17.4 Å². The first-order valence-electron chi connectivity index (χ1n) is 6.66. The monoisotopic (exact) mass is 266 g/mol. The second kappa shape index (κ2) is 6.55. The van der Waals surface area contributed by atoms with Gasteiger partial charge in [-0.15, -0.1) is 11.8 Å². The Labute approximate surface area is 114 Å². The number of nitrogens with zero attached hydrogens (tertiary/aromatic N) is 1. The summed E-state index contributed by atoms with van der Waals surface area (Å²) in [6, 6.07) is 4.67. The molecule has 1 N–H and O–H groups in total. The van der Waals surface area contributed by atoms with Gasteiger partial charge in [0.25, 0.3) is 0 Å². The molecule has 3 unspecified atom stereocenters. The van der Waals surface area contributed by atoms with E-state index in [2.05, 4.69) is 36.3 Å². The Kier molecular flexibility index (Phi) is 5.03. The molecular formula is C14H22N2OS. The average Bonchev–Trinajstić information content (AvgIpc) is 2.79. The fraction of sp³-hybridized carbons (Fsp3) is 0.643. The molecule has 2 heterocycles. The Hall–Kier alpha value is -0.580. The van der Waals surface area contributed by atoms with Crippen LogP contribution in [0.5, 0.6) is 0 Å². The highest BCUT2D eigenvalue weighted by atomic mass is 32.2. The van der Waals surface area contributed by atoms with Gasteiger partial charge in [0.1, 0.15) is 0 Å². The third-order valence-corrected chi connectivity index (χ3v) is 4.90. The van der Waals surface area contributed by atoms with Crippen molar-refractivity contribution in [1.29, 1.82) is 0 Å². The number of nitrogens with one attached hydrogen (secondary N) is 1. The predicted molar refractivity (Wildman–Crippen MR) is 76.0 cm³/mol. The molecule has 1 aliphatic rings. The summed E-state index contributed by atoms with van der Waals surface area (Å²) < 4.78 is 5.58. The molecule has 0 aromatic carbocycles. The quantitative estimate of drug-likeness (QED) is 0.888. The molecule has 2 rings (SSSR count). The molecule has 1 fully saturated rings. The number of thioether (sulfide) groups is 1. The molecule has 1 aromatic rings. The SMILES string of the molecule is CCC(NC)c1ccc(SC2CCOC2C)cn1. The molecule has 100 valence electrons. The van der Waals surface area contributed by atoms with Gasteiger partial charge in [0, 0.05) is 29.0 Å². The zero-order valence-corrected chi connectivity index (χ0v) is 12.2. The van der Waals surface area contributed by atoms with Gasteiger partial charge in [0.15, 0.2) is 0 Å². The highest BCUT2D eigenvalue weighted by Crippen LogP contribution is 2.32. The Morgan fingerprint density at radius 2 is 2.39 bits per heavy atom. The molecule has 0 spiro atoms. The van der Waals surface area contributed by atoms with Crippen molar-refractivity contribution in [3.8, 4) is 0 Å². The number of ether oxygens (including phenoxy) is 1. The fourth-order valence-corrected chi connectivity index (χ4v) is 3.36. The lowest BCUT2D eigenvalue weighted by Crippen LogP contribution is -2.16. The van der Waals surface area contributed by atoms with Crippen molar-refractivity contribution in [3.05, 3.63) is 24.0 Å². The van der Waals surface area contributed by atoms with Crippen molar-refractivity contribution >= 4 is 11.8 Å². The summed E-state index contributed by atoms with van der Waals surface area (Å²) in [4.78, 5) is 5.81. The standard InChI is InChI=1S/C14H22N2OS/c1-4-12(15-3)13-6-5-11(9-16-13)18-14-7-8-17-10(14)2/h5-6,9-10,12,14-15H,4,7-8H2,1-3H3. The maximum absolute atomic E-state index is 5.58. The summed E-state index contributed by atoms with van der Waals surface area (Å²) >= 11 is 1.89. The summed E-state index contributed by atoms with van der Waals surface area (Å²) in [7, 11) is 1.98. The largest absolute Gasteiger partial charge is 0.377 e. The fourth-order valence-electron chi connectivity index (χ4n) is 2.27. The van der Waals surface area contributed by atoms with Crippen molar-refractivity contribution < 1.29 is 4.74 Å². The van der Waals surface area contributed by atoms with Gasteiger partial charge in [-0.1, -0.05) is 6.92 Å². The number of pyridine rings is 1. The number of rotatable bonds is 5. The number of hydrogen-bond acceptors (Lipinski definition) is 4. The van der Waals surface area contributed by atoms with Crippen LogP contribution in [0.25, 0.3) is 0 Å². The normalized spacial score (nSPS) is 25.3. The van der Waals surface area contributed by atoms with E-state index in [1.54, 1.807) is 0 Å². The maximum atomic E-state index is 5.58. The number of hydrogen-bond donors (Lipinski definition) is 1. The van der Waals surface area contributed by atoms with Crippen molar-refractivity contribution in [1.82, 2.24) is 10.3 Å². The Bertz CT molecular complexity index is 365. The van der Waals surface area contributed by atoms with Crippen LogP contribution in [0.2, 0.25) is 0 Å². The summed E-state index contributed by atoms with van der Waals surface area (Å²) in [5.41, 5.74) is 1.13. The first kappa shape index (κ1) is 13.8. The summed E-state index contributed by atoms with van der Waals surface area (Å²) in [6.45, 7) is 5.21. The van der Waals surface area contributed by atoms with Gasteiger partial charge in [-0.05, 0) is 38.9 Å². The molecule has 0 bridgehead atoms. The minimum Gasteiger partial charge on any atom is -0.377 e. The van der Waals surface area contributed by atoms with Crippen molar-refractivity contribution in [3.63, 3.8) is 0 Å². The summed E-state index contributed by atoms with van der Waals surface area (Å²) in [5.74, 6) is 0. The van der Waals surface area contributed by atoms with Crippen LogP contribution >= 0.6 is 11.8 Å². The lowest BCUT2D eigenvalue weighted by atomic mass is 10.1. The van der Waals surface area contributed by atoms with E-state index in [1.807, 2.05) is 25.0 Å². The molecule has 18 heavy (non-hydrogen) atoms. The molecule has 0 saturated carbocycles. The van der Waals surface area contributed by atoms with Crippen molar-refractivity contribution in [2.24, 2.45) is 0 Å². The molecule has 4 heteroatoms. The third kappa shape index (κ3) is 3.25. The van der Waals surface area contributed by atoms with Crippen LogP contribution in [0.3, 0.4) is 0 Å². The summed E-state index contributed by atoms with van der Waals surface area (Å²) in [5, 5.41) is 3.85. The van der Waals surface area contributed by atoms with E-state index in [4.69, 9.17) is 4.74 Å². The second-order valence-corrected chi connectivity index (χ2v) is 6.00. The van der Waals surface area contributed by atoms with Crippen LogP contribution in [0, 0.1) is 0 Å². The molecule has 1 saturated heterocycles. The molecule has 1 aromatic heterocycles. The Morgan fingerprint density at radius 3 is 2.89 bits per heavy atom. The van der Waals surface area contributed by atoms with Gasteiger partial charge in [-0.2, -0.15) is 0 Å². The average molecular weight is 266 g/mol. The first-order valence-corrected chi connectivity index (χ1v) is 7.54. The zero-order chi connectivity index (χ0) is 13.0. The third-order valence-electron chi connectivity index (χ3n) is 3.47. The van der Waals surface area contributed by atoms with Crippen LogP contribution in [-0.2, 0) is 4.74 Å². The van der Waals surface area contributed by atoms with E-state index >= 15 is 0 Å². The van der Waals surface area contributed by atoms with Gasteiger partial charge >= 0.3 is 0 Å². The molecule has 1 aliphatic heterocycles. The van der Waals surface area contributed by atoms with Gasteiger partial charge in [0.2, 0.25) is 0 Å². The predicted octanol–water partition coefficient (Wildman–Crippen LogP) is 3.02. The van der Waals surface area contributed by atoms with Crippen molar-refractivity contribution in [2.45, 2.75) is 49.0 Å². The molecule has 0 radical (unpaired) electrons. The minimum atomic E-state index is 0.357. The van der Waals surface area contributed by atoms with Gasteiger partial charge in [0.05, 0.1) is 11.8 Å². The Morgan fingerprint density at radius 1 is 1.56 bits per heavy atom. The smallest absolute Gasteiger partial charge is 0.0669 e. The van der Waals surface area contributed by atoms with E-state index in [1.165, 1.54) is 4.90 Å². The first-order chi connectivity index (χ1) is 8.74. The van der Waals surface area contributed by atoms with Crippen molar-refractivity contribution in [2.75, 3.05) is 13.7 Å². The van der Waals surface area contributed by atoms with Gasteiger partial charge < -0.3 is 10.1 Å². The molecule has 3 nitrogen and oxygen atoms in total. The number of aromatic nitrogens is 1. The van der Waals surface area contributed by atoms with E-state index in [0.717, 1.165) is 25.1 Å². The van der Waals surface area contributed by atoms with Crippen LogP contribution < -0.4 is 5.32 Å². The highest BCUT2D eigenvalue weighted by molar-refractivity contribution is 8.00. The maximum Gasteiger partial charge on any atom is 0.0669 e. The molecule has 0 aliphatic carbocycles. The van der Waals surface area contributed by atoms with E-state index in [-0.39, 0.29) is 0 Å². The Balaban J connectivity index is 1.99. The van der Waals surface area contributed by atoms with Crippen LogP contribution in [-0.4, -0.2) is 30.0 Å². The van der Waals surface area contributed by atoms with E-state index in [9.17, 15) is 0 Å². The van der Waals surface area contributed by atoms with Crippen LogP contribution in [0.1, 0.15) is 38.4 Å². The lowest BCUT2D eigenvalue weighted by Gasteiger charge is -2.15. The van der Waals surface area contributed by atoms with Gasteiger partial charge in [-0.25, -0.2) is 0 Å². The van der Waals surface area contributed by atoms with E-state index < -0.39 is 0 Å². The highest BCUT2D eigenvalue weighted by Gasteiger charge is 2.25. The minimum absolute atomic E-state index is 0.357. The zero-order valence-electron chi connectivity index (χ0n) is 11.3. The summed E-state index contributed by atoms with van der Waals surface area (Å²) in [6.07, 6.45) is 4.55.